The van der Waals surface area contributed by atoms with Gasteiger partial charge in [0.25, 0.3) is 0 Å². The van der Waals surface area contributed by atoms with E-state index in [0.717, 1.165) is 34.7 Å². The van der Waals surface area contributed by atoms with Gasteiger partial charge in [-0.3, -0.25) is 9.59 Å². The molecular formula is C26H37NO5S. The van der Waals surface area contributed by atoms with Crippen molar-refractivity contribution in [1.82, 2.24) is 4.98 Å². The molecule has 2 N–H and O–H groups in total. The summed E-state index contributed by atoms with van der Waals surface area (Å²) in [6.07, 6.45) is 6.90. The lowest BCUT2D eigenvalue weighted by Gasteiger charge is -2.33. The smallest absolute Gasteiger partial charge is 0.309 e. The van der Waals surface area contributed by atoms with Gasteiger partial charge in [0.2, 0.25) is 0 Å². The number of carbonyl (C=O) groups excluding carboxylic acids is 2. The maximum absolute atomic E-state index is 13.1. The topological polar surface area (TPSA) is 96.7 Å². The summed E-state index contributed by atoms with van der Waals surface area (Å²) in [4.78, 5) is 30.3. The van der Waals surface area contributed by atoms with Crippen LogP contribution in [0.5, 0.6) is 0 Å². The molecule has 0 fully saturated rings. The van der Waals surface area contributed by atoms with Crippen LogP contribution in [0.4, 0.5) is 0 Å². The lowest BCUT2D eigenvalue weighted by Crippen LogP contribution is -2.44. The molecule has 0 radical (unpaired) electrons. The summed E-state index contributed by atoms with van der Waals surface area (Å²) in [5.41, 5.74) is 1.20. The molecule has 6 nitrogen and oxygen atoms in total. The van der Waals surface area contributed by atoms with Crippen LogP contribution in [0.3, 0.4) is 0 Å². The number of hydrogen-bond donors (Lipinski definition) is 2. The Morgan fingerprint density at radius 2 is 1.91 bits per heavy atom. The average molecular weight is 476 g/mol. The number of rotatable bonds is 2. The molecule has 0 saturated heterocycles. The second kappa shape index (κ2) is 11.9. The number of thiazole rings is 1. The van der Waals surface area contributed by atoms with Gasteiger partial charge in [-0.25, -0.2) is 4.98 Å². The Kier molecular flexibility index (Phi) is 9.76. The van der Waals surface area contributed by atoms with Crippen LogP contribution in [-0.4, -0.2) is 45.3 Å². The number of hydrogen-bond acceptors (Lipinski definition) is 7. The zero-order valence-electron chi connectivity index (χ0n) is 20.5. The van der Waals surface area contributed by atoms with E-state index in [9.17, 15) is 19.8 Å². The van der Waals surface area contributed by atoms with Crippen LogP contribution in [0.2, 0.25) is 0 Å². The molecule has 1 aromatic rings. The fourth-order valence-electron chi connectivity index (χ4n) is 3.87. The van der Waals surface area contributed by atoms with Gasteiger partial charge in [0.05, 0.1) is 34.7 Å². The van der Waals surface area contributed by atoms with Gasteiger partial charge >= 0.3 is 5.97 Å². The molecule has 182 valence electrons. The Bertz CT molecular complexity index is 927. The van der Waals surface area contributed by atoms with Crippen molar-refractivity contribution in [2.24, 2.45) is 11.3 Å². The van der Waals surface area contributed by atoms with Crippen LogP contribution < -0.4 is 0 Å². The Balaban J connectivity index is 2.31. The fraction of sp³-hybridized carbons (Fsp3) is 0.577. The number of esters is 1. The van der Waals surface area contributed by atoms with Gasteiger partial charge in [0.15, 0.2) is 0 Å². The molecule has 4 atom stereocenters. The largest absolute Gasteiger partial charge is 0.457 e. The monoisotopic (exact) mass is 475 g/mol. The normalized spacial score (nSPS) is 30.9. The van der Waals surface area contributed by atoms with E-state index in [4.69, 9.17) is 4.74 Å². The van der Waals surface area contributed by atoms with Crippen LogP contribution in [0.15, 0.2) is 34.8 Å². The van der Waals surface area contributed by atoms with Gasteiger partial charge in [-0.15, -0.1) is 11.3 Å². The van der Waals surface area contributed by atoms with Gasteiger partial charge < -0.3 is 14.9 Å². The Morgan fingerprint density at radius 3 is 2.55 bits per heavy atom. The van der Waals surface area contributed by atoms with E-state index in [-0.39, 0.29) is 12.2 Å². The predicted octanol–water partition coefficient (Wildman–Crippen LogP) is 4.80. The number of allylic oxidation sites excluding steroid dienone is 2. The SMILES string of the molecule is C/C(=C\c1csc(C)n1)[C@@H]1C/C=C\CC/C=C(\C)[C@H](O)[C@@H](C)C(=O)C(C)(C)[C@@H](O)CC(=O)O1. The first-order valence-electron chi connectivity index (χ1n) is 11.4. The van der Waals surface area contributed by atoms with Crippen molar-refractivity contribution in [2.45, 2.75) is 85.5 Å². The highest BCUT2D eigenvalue weighted by Gasteiger charge is 2.41. The summed E-state index contributed by atoms with van der Waals surface area (Å²) in [6.45, 7) is 10.5. The van der Waals surface area contributed by atoms with Crippen LogP contribution in [0, 0.1) is 18.3 Å². The maximum atomic E-state index is 13.1. The summed E-state index contributed by atoms with van der Waals surface area (Å²) in [5.74, 6) is -1.56. The van der Waals surface area contributed by atoms with Gasteiger partial charge in [-0.05, 0) is 50.8 Å². The number of ketones is 1. The van der Waals surface area contributed by atoms with E-state index in [1.54, 1.807) is 32.1 Å². The number of aliphatic hydroxyl groups excluding tert-OH is 2. The van der Waals surface area contributed by atoms with Crippen molar-refractivity contribution in [3.05, 3.63) is 45.5 Å². The fourth-order valence-corrected chi connectivity index (χ4v) is 4.44. The zero-order chi connectivity index (χ0) is 24.8. The highest BCUT2D eigenvalue weighted by atomic mass is 32.1. The highest BCUT2D eigenvalue weighted by Crippen LogP contribution is 2.31. The van der Waals surface area contributed by atoms with Gasteiger partial charge in [-0.2, -0.15) is 0 Å². The first-order chi connectivity index (χ1) is 15.4. The molecule has 1 aliphatic rings. The average Bonchev–Trinajstić information content (AvgIpc) is 3.16. The number of aryl methyl sites for hydroxylation is 1. The van der Waals surface area contributed by atoms with Gasteiger partial charge in [0.1, 0.15) is 11.9 Å². The minimum absolute atomic E-state index is 0.290. The molecule has 0 amide bonds. The van der Waals surface area contributed by atoms with Crippen LogP contribution >= 0.6 is 11.3 Å². The number of Topliss-reactive ketones (excluding diaryl/α,β-unsaturated/α-hetero) is 1. The van der Waals surface area contributed by atoms with Crippen LogP contribution in [-0.2, 0) is 14.3 Å². The Morgan fingerprint density at radius 1 is 1.21 bits per heavy atom. The molecule has 2 rings (SSSR count). The zero-order valence-corrected chi connectivity index (χ0v) is 21.3. The number of carbonyl (C=O) groups is 2. The van der Waals surface area contributed by atoms with Crippen molar-refractivity contribution in [3.63, 3.8) is 0 Å². The molecule has 0 spiro atoms. The second-order valence-electron chi connectivity index (χ2n) is 9.43. The van der Waals surface area contributed by atoms with E-state index < -0.39 is 35.6 Å². The Labute approximate surface area is 201 Å². The summed E-state index contributed by atoms with van der Waals surface area (Å²) < 4.78 is 5.74. The number of cyclic esters (lactones) is 1. The van der Waals surface area contributed by atoms with Crippen molar-refractivity contribution < 1.29 is 24.5 Å². The first-order valence-corrected chi connectivity index (χ1v) is 12.3. The van der Waals surface area contributed by atoms with Gasteiger partial charge in [-0.1, -0.05) is 39.0 Å². The van der Waals surface area contributed by atoms with Crippen LogP contribution in [0.25, 0.3) is 6.08 Å². The lowest BCUT2D eigenvalue weighted by molar-refractivity contribution is -0.153. The minimum atomic E-state index is -1.23. The standard InChI is InChI=1S/C26H37NO5S/c1-16-11-9-7-8-10-12-21(17(2)13-20-15-33-19(4)27-20)32-23(29)14-22(28)26(5,6)25(31)18(3)24(16)30/h8,10-11,13,15,18,21-22,24,28,30H,7,9,12,14H2,1-6H3/b10-8-,16-11+,17-13+/t18-,21+,22+,24+/m1/s1. The second-order valence-corrected chi connectivity index (χ2v) is 10.5. The third-order valence-electron chi connectivity index (χ3n) is 6.29. The third-order valence-corrected chi connectivity index (χ3v) is 7.08. The quantitative estimate of drug-likeness (QED) is 0.471. The van der Waals surface area contributed by atoms with E-state index in [1.807, 2.05) is 50.5 Å². The van der Waals surface area contributed by atoms with Crippen molar-refractivity contribution in [1.29, 1.82) is 0 Å². The molecule has 0 aromatic carbocycles. The molecule has 0 aliphatic carbocycles. The molecule has 7 heteroatoms. The van der Waals surface area contributed by atoms with E-state index in [2.05, 4.69) is 4.98 Å². The first kappa shape index (κ1) is 27.2. The highest BCUT2D eigenvalue weighted by molar-refractivity contribution is 7.09. The third kappa shape index (κ3) is 7.45. The summed E-state index contributed by atoms with van der Waals surface area (Å²) in [7, 11) is 0. The molecule has 0 bridgehead atoms. The maximum Gasteiger partial charge on any atom is 0.309 e. The Hall–Kier alpha value is -2.09. The van der Waals surface area contributed by atoms with E-state index in [0.29, 0.717) is 6.42 Å². The van der Waals surface area contributed by atoms with Crippen molar-refractivity contribution >= 4 is 29.2 Å². The molecule has 0 saturated carbocycles. The van der Waals surface area contributed by atoms with E-state index >= 15 is 0 Å². The predicted molar refractivity (Wildman–Crippen MR) is 132 cm³/mol. The number of aromatic nitrogens is 1. The summed E-state index contributed by atoms with van der Waals surface area (Å²) in [5, 5.41) is 24.3. The minimum Gasteiger partial charge on any atom is -0.457 e. The summed E-state index contributed by atoms with van der Waals surface area (Å²) in [6, 6.07) is 0. The molecule has 1 aromatic heterocycles. The molecule has 2 heterocycles. The lowest BCUT2D eigenvalue weighted by atomic mass is 9.74. The van der Waals surface area contributed by atoms with Crippen LogP contribution in [0.1, 0.15) is 71.0 Å². The van der Waals surface area contributed by atoms with Gasteiger partial charge in [0, 0.05) is 17.7 Å². The number of ether oxygens (including phenoxy) is 1. The van der Waals surface area contributed by atoms with Crippen molar-refractivity contribution in [3.8, 4) is 0 Å². The number of aliphatic hydroxyl groups is 2. The molecular weight excluding hydrogens is 438 g/mol. The molecule has 33 heavy (non-hydrogen) atoms. The summed E-state index contributed by atoms with van der Waals surface area (Å²) >= 11 is 1.56. The number of nitrogens with zero attached hydrogens (tertiary/aromatic N) is 1. The van der Waals surface area contributed by atoms with E-state index in [1.165, 1.54) is 0 Å². The van der Waals surface area contributed by atoms with Crippen molar-refractivity contribution in [2.75, 3.05) is 0 Å². The molecule has 0 unspecified atom stereocenters. The molecule has 1 aliphatic heterocycles.